The van der Waals surface area contributed by atoms with Crippen LogP contribution in [0.3, 0.4) is 0 Å². The molecule has 134 valence electrons. The van der Waals surface area contributed by atoms with Crippen LogP contribution in [-0.4, -0.2) is 26.6 Å². The Labute approximate surface area is 144 Å². The summed E-state index contributed by atoms with van der Waals surface area (Å²) in [6, 6.07) is 6.54. The van der Waals surface area contributed by atoms with Gasteiger partial charge in [-0.25, -0.2) is 4.79 Å². The lowest BCUT2D eigenvalue weighted by Gasteiger charge is -2.17. The monoisotopic (exact) mass is 354 g/mol. The van der Waals surface area contributed by atoms with E-state index in [1.54, 1.807) is 18.2 Å². The molecule has 0 aliphatic heterocycles. The predicted molar refractivity (Wildman–Crippen MR) is 93.2 cm³/mol. The van der Waals surface area contributed by atoms with E-state index in [-0.39, 0.29) is 17.5 Å². The van der Waals surface area contributed by atoms with Gasteiger partial charge < -0.3 is 4.74 Å². The zero-order chi connectivity index (χ0) is 18.2. The normalized spacial score (nSPS) is 12.5. The van der Waals surface area contributed by atoms with Crippen LogP contribution in [0.1, 0.15) is 45.6 Å². The van der Waals surface area contributed by atoms with Gasteiger partial charge in [0.05, 0.1) is 11.5 Å². The van der Waals surface area contributed by atoms with Crippen molar-refractivity contribution in [3.63, 3.8) is 0 Å². The van der Waals surface area contributed by atoms with Crippen LogP contribution in [0, 0.1) is 6.92 Å². The highest BCUT2D eigenvalue weighted by molar-refractivity contribution is 7.86. The van der Waals surface area contributed by atoms with Gasteiger partial charge in [0, 0.05) is 6.08 Å². The Kier molecular flexibility index (Phi) is 7.63. The Hall–Kier alpha value is -1.66. The van der Waals surface area contributed by atoms with E-state index in [0.717, 1.165) is 12.0 Å². The predicted octanol–water partition coefficient (Wildman–Crippen LogP) is 3.77. The molecule has 1 rings (SSSR count). The van der Waals surface area contributed by atoms with E-state index in [9.17, 15) is 13.2 Å². The van der Waals surface area contributed by atoms with Crippen LogP contribution >= 0.6 is 0 Å². The lowest BCUT2D eigenvalue weighted by atomic mass is 10.2. The summed E-state index contributed by atoms with van der Waals surface area (Å²) in [7, 11) is -3.70. The number of allylic oxidation sites excluding steroid dienone is 1. The maximum atomic E-state index is 12.0. The van der Waals surface area contributed by atoms with Crippen LogP contribution in [-0.2, 0) is 23.8 Å². The van der Waals surface area contributed by atoms with Crippen LogP contribution in [0.15, 0.2) is 41.3 Å². The molecule has 0 spiro atoms. The minimum absolute atomic E-state index is 0.122. The summed E-state index contributed by atoms with van der Waals surface area (Å²) in [5.41, 5.74) is 0.491. The Balaban J connectivity index is 2.26. The molecular weight excluding hydrogens is 328 g/mol. The first-order valence-corrected chi connectivity index (χ1v) is 9.37. The van der Waals surface area contributed by atoms with Crippen molar-refractivity contribution in [3.8, 4) is 0 Å². The van der Waals surface area contributed by atoms with Crippen LogP contribution in [0.4, 0.5) is 0 Å². The highest BCUT2D eigenvalue weighted by Gasteiger charge is 2.14. The van der Waals surface area contributed by atoms with E-state index in [2.05, 4.69) is 0 Å². The van der Waals surface area contributed by atoms with Crippen molar-refractivity contribution < 1.29 is 22.1 Å². The van der Waals surface area contributed by atoms with Gasteiger partial charge >= 0.3 is 5.97 Å². The summed E-state index contributed by atoms with van der Waals surface area (Å²) in [5, 5.41) is 0. The van der Waals surface area contributed by atoms with Crippen molar-refractivity contribution >= 4 is 16.1 Å². The van der Waals surface area contributed by atoms with Crippen molar-refractivity contribution in [2.24, 2.45) is 0 Å². The number of hydrogen-bond donors (Lipinski definition) is 0. The molecule has 0 amide bonds. The van der Waals surface area contributed by atoms with Gasteiger partial charge in [0.15, 0.2) is 0 Å². The van der Waals surface area contributed by atoms with Gasteiger partial charge in [0.25, 0.3) is 10.1 Å². The van der Waals surface area contributed by atoms with Crippen molar-refractivity contribution in [1.82, 2.24) is 0 Å². The average Bonchev–Trinajstić information content (AvgIpc) is 2.44. The van der Waals surface area contributed by atoms with Crippen LogP contribution < -0.4 is 0 Å². The molecule has 1 aromatic rings. The smallest absolute Gasteiger partial charge is 0.330 e. The molecule has 0 aliphatic rings. The summed E-state index contributed by atoms with van der Waals surface area (Å²) >= 11 is 0. The standard InChI is InChI=1S/C18H26O5S/c1-15-10-12-16(13-11-15)24(20,21)22-14-8-6-5-7-9-17(19)23-18(2,3)4/h7,9-13H,5-6,8,14H2,1-4H3/b9-7+. The number of aryl methyl sites for hydroxylation is 1. The second-order valence-electron chi connectivity index (χ2n) is 6.52. The molecule has 0 saturated heterocycles. The molecule has 24 heavy (non-hydrogen) atoms. The summed E-state index contributed by atoms with van der Waals surface area (Å²) in [6.45, 7) is 7.44. The van der Waals surface area contributed by atoms with E-state index >= 15 is 0 Å². The Morgan fingerprint density at radius 2 is 1.75 bits per heavy atom. The van der Waals surface area contributed by atoms with Gasteiger partial charge in [-0.2, -0.15) is 8.42 Å². The molecule has 0 aliphatic carbocycles. The highest BCUT2D eigenvalue weighted by atomic mass is 32.2. The number of benzene rings is 1. The van der Waals surface area contributed by atoms with E-state index in [0.29, 0.717) is 12.8 Å². The fourth-order valence-corrected chi connectivity index (χ4v) is 2.76. The lowest BCUT2D eigenvalue weighted by Crippen LogP contribution is -2.22. The second kappa shape index (κ2) is 8.99. The van der Waals surface area contributed by atoms with Gasteiger partial charge in [-0.15, -0.1) is 0 Å². The summed E-state index contributed by atoms with van der Waals surface area (Å²) in [4.78, 5) is 11.6. The molecule has 0 atom stereocenters. The molecule has 5 nitrogen and oxygen atoms in total. The van der Waals surface area contributed by atoms with Crippen LogP contribution in [0.25, 0.3) is 0 Å². The fraction of sp³-hybridized carbons (Fsp3) is 0.500. The zero-order valence-corrected chi connectivity index (χ0v) is 15.6. The van der Waals surface area contributed by atoms with Crippen LogP contribution in [0.2, 0.25) is 0 Å². The third-order valence-electron chi connectivity index (χ3n) is 2.97. The SMILES string of the molecule is Cc1ccc(S(=O)(=O)OCCCC/C=C/C(=O)OC(C)(C)C)cc1. The minimum atomic E-state index is -3.70. The van der Waals surface area contributed by atoms with Crippen molar-refractivity contribution in [2.45, 2.75) is 57.5 Å². The van der Waals surface area contributed by atoms with Gasteiger partial charge in [-0.1, -0.05) is 23.8 Å². The van der Waals surface area contributed by atoms with Crippen molar-refractivity contribution in [2.75, 3.05) is 6.61 Å². The highest BCUT2D eigenvalue weighted by Crippen LogP contribution is 2.14. The molecule has 0 fully saturated rings. The Morgan fingerprint density at radius 3 is 2.33 bits per heavy atom. The third kappa shape index (κ3) is 8.26. The second-order valence-corrected chi connectivity index (χ2v) is 8.14. The van der Waals surface area contributed by atoms with E-state index in [1.165, 1.54) is 18.2 Å². The Bertz CT molecular complexity index is 652. The number of hydrogen-bond acceptors (Lipinski definition) is 5. The minimum Gasteiger partial charge on any atom is -0.457 e. The molecule has 6 heteroatoms. The summed E-state index contributed by atoms with van der Waals surface area (Å²) < 4.78 is 34.1. The lowest BCUT2D eigenvalue weighted by molar-refractivity contribution is -0.148. The van der Waals surface area contributed by atoms with E-state index in [4.69, 9.17) is 8.92 Å². The number of unbranched alkanes of at least 4 members (excludes halogenated alkanes) is 2. The molecule has 0 radical (unpaired) electrons. The van der Waals surface area contributed by atoms with Gasteiger partial charge in [-0.05, 0) is 59.1 Å². The van der Waals surface area contributed by atoms with E-state index in [1.807, 2.05) is 27.7 Å². The molecule has 0 bridgehead atoms. The van der Waals surface area contributed by atoms with Crippen molar-refractivity contribution in [1.29, 1.82) is 0 Å². The zero-order valence-electron chi connectivity index (χ0n) is 14.7. The molecule has 0 saturated carbocycles. The first kappa shape index (κ1) is 20.4. The largest absolute Gasteiger partial charge is 0.457 e. The van der Waals surface area contributed by atoms with Crippen molar-refractivity contribution in [3.05, 3.63) is 42.0 Å². The van der Waals surface area contributed by atoms with E-state index < -0.39 is 15.7 Å². The summed E-state index contributed by atoms with van der Waals surface area (Å²) in [6.07, 6.45) is 5.09. The van der Waals surface area contributed by atoms with Crippen LogP contribution in [0.5, 0.6) is 0 Å². The molecule has 0 unspecified atom stereocenters. The summed E-state index contributed by atoms with van der Waals surface area (Å²) in [5.74, 6) is -0.374. The van der Waals surface area contributed by atoms with Gasteiger partial charge in [-0.3, -0.25) is 4.18 Å². The third-order valence-corrected chi connectivity index (χ3v) is 4.30. The first-order valence-electron chi connectivity index (χ1n) is 7.96. The topological polar surface area (TPSA) is 69.7 Å². The van der Waals surface area contributed by atoms with Gasteiger partial charge in [0.1, 0.15) is 5.60 Å². The molecular formula is C18H26O5S. The Morgan fingerprint density at radius 1 is 1.12 bits per heavy atom. The van der Waals surface area contributed by atoms with Gasteiger partial charge in [0.2, 0.25) is 0 Å². The maximum Gasteiger partial charge on any atom is 0.330 e. The molecule has 0 heterocycles. The first-order chi connectivity index (χ1) is 11.1. The number of esters is 1. The maximum absolute atomic E-state index is 12.0. The number of ether oxygens (including phenoxy) is 1. The fourth-order valence-electron chi connectivity index (χ4n) is 1.82. The number of carbonyl (C=O) groups excluding carboxylic acids is 1. The molecule has 0 N–H and O–H groups in total. The molecule has 0 aromatic heterocycles. The average molecular weight is 354 g/mol. The molecule has 1 aromatic carbocycles. The quantitative estimate of drug-likeness (QED) is 0.308. The number of rotatable bonds is 8. The number of carbonyl (C=O) groups is 1.